The fourth-order valence-electron chi connectivity index (χ4n) is 2.85. The van der Waals surface area contributed by atoms with Crippen molar-refractivity contribution in [2.45, 2.75) is 17.9 Å². The van der Waals surface area contributed by atoms with Gasteiger partial charge in [0.2, 0.25) is 10.0 Å². The SMILES string of the molecule is CC(OC(=O)c1ccc(Cl)cc1O)C(=O)Nc1ccc(S(=O)(=O)N2CCOCC2)cc1. The largest absolute Gasteiger partial charge is 0.507 e. The maximum absolute atomic E-state index is 12.6. The van der Waals surface area contributed by atoms with E-state index in [2.05, 4.69) is 5.32 Å². The molecule has 2 N–H and O–H groups in total. The van der Waals surface area contributed by atoms with Crippen LogP contribution in [0.2, 0.25) is 5.02 Å². The van der Waals surface area contributed by atoms with E-state index in [4.69, 9.17) is 21.1 Å². The average molecular weight is 469 g/mol. The number of esters is 1. The van der Waals surface area contributed by atoms with E-state index in [-0.39, 0.29) is 34.3 Å². The summed E-state index contributed by atoms with van der Waals surface area (Å²) in [5.74, 6) is -1.86. The summed E-state index contributed by atoms with van der Waals surface area (Å²) in [5, 5.41) is 12.6. The number of halogens is 1. The lowest BCUT2D eigenvalue weighted by Gasteiger charge is -2.26. The van der Waals surface area contributed by atoms with E-state index in [1.807, 2.05) is 0 Å². The lowest BCUT2D eigenvalue weighted by Crippen LogP contribution is -2.40. The molecule has 0 radical (unpaired) electrons. The van der Waals surface area contributed by atoms with Crippen LogP contribution in [0.25, 0.3) is 0 Å². The Labute approximate surface area is 184 Å². The van der Waals surface area contributed by atoms with Crippen LogP contribution in [0.1, 0.15) is 17.3 Å². The smallest absolute Gasteiger partial charge is 0.342 e. The first-order chi connectivity index (χ1) is 14.7. The fourth-order valence-corrected chi connectivity index (χ4v) is 4.42. The van der Waals surface area contributed by atoms with Crippen LogP contribution in [0.5, 0.6) is 5.75 Å². The van der Waals surface area contributed by atoms with Crippen LogP contribution in [0.4, 0.5) is 5.69 Å². The highest BCUT2D eigenvalue weighted by atomic mass is 35.5. The molecule has 0 aliphatic carbocycles. The van der Waals surface area contributed by atoms with Gasteiger partial charge in [0.05, 0.1) is 18.1 Å². The van der Waals surface area contributed by atoms with Crippen molar-refractivity contribution in [3.05, 3.63) is 53.1 Å². The zero-order valence-electron chi connectivity index (χ0n) is 16.6. The third kappa shape index (κ3) is 5.53. The zero-order valence-corrected chi connectivity index (χ0v) is 18.1. The fraction of sp³-hybridized carbons (Fsp3) is 0.300. The molecule has 1 atom stereocenters. The molecule has 0 spiro atoms. The zero-order chi connectivity index (χ0) is 22.6. The summed E-state index contributed by atoms with van der Waals surface area (Å²) >= 11 is 5.73. The van der Waals surface area contributed by atoms with Crippen molar-refractivity contribution in [3.8, 4) is 5.75 Å². The van der Waals surface area contributed by atoms with Gasteiger partial charge in [0, 0.05) is 23.8 Å². The van der Waals surface area contributed by atoms with Crippen LogP contribution in [0.15, 0.2) is 47.4 Å². The van der Waals surface area contributed by atoms with Crippen molar-refractivity contribution in [3.63, 3.8) is 0 Å². The number of ether oxygens (including phenoxy) is 2. The molecule has 1 fully saturated rings. The number of carbonyl (C=O) groups excluding carboxylic acids is 2. The number of phenolic OH excluding ortho intramolecular Hbond substituents is 1. The van der Waals surface area contributed by atoms with E-state index < -0.39 is 28.0 Å². The van der Waals surface area contributed by atoms with Crippen molar-refractivity contribution in [1.29, 1.82) is 0 Å². The molecular weight excluding hydrogens is 448 g/mol. The molecule has 1 unspecified atom stereocenters. The van der Waals surface area contributed by atoms with Crippen LogP contribution >= 0.6 is 11.6 Å². The molecule has 1 heterocycles. The van der Waals surface area contributed by atoms with Crippen molar-refractivity contribution < 1.29 is 32.6 Å². The molecular formula is C20H21ClN2O7S. The maximum Gasteiger partial charge on any atom is 0.342 e. The number of nitrogens with one attached hydrogen (secondary N) is 1. The molecule has 1 aliphatic heterocycles. The van der Waals surface area contributed by atoms with Crippen molar-refractivity contribution in [1.82, 2.24) is 4.31 Å². The quantitative estimate of drug-likeness (QED) is 0.623. The number of carbonyl (C=O) groups is 2. The number of phenols is 1. The summed E-state index contributed by atoms with van der Waals surface area (Å²) in [6, 6.07) is 9.57. The number of sulfonamides is 1. The van der Waals surface area contributed by atoms with Gasteiger partial charge in [-0.05, 0) is 49.4 Å². The van der Waals surface area contributed by atoms with E-state index >= 15 is 0 Å². The number of benzene rings is 2. The van der Waals surface area contributed by atoms with Crippen LogP contribution in [-0.4, -0.2) is 62.1 Å². The summed E-state index contributed by atoms with van der Waals surface area (Å²) < 4.78 is 36.9. The van der Waals surface area contributed by atoms with Gasteiger partial charge < -0.3 is 19.9 Å². The molecule has 0 bridgehead atoms. The van der Waals surface area contributed by atoms with E-state index in [9.17, 15) is 23.1 Å². The van der Waals surface area contributed by atoms with E-state index in [1.165, 1.54) is 53.7 Å². The van der Waals surface area contributed by atoms with E-state index in [0.717, 1.165) is 0 Å². The number of morpholine rings is 1. The Morgan fingerprint density at radius 1 is 1.16 bits per heavy atom. The minimum atomic E-state index is -3.64. The van der Waals surface area contributed by atoms with Gasteiger partial charge in [-0.25, -0.2) is 13.2 Å². The molecule has 9 nitrogen and oxygen atoms in total. The van der Waals surface area contributed by atoms with Gasteiger partial charge in [-0.1, -0.05) is 11.6 Å². The lowest BCUT2D eigenvalue weighted by atomic mass is 10.2. The van der Waals surface area contributed by atoms with Crippen molar-refractivity contribution in [2.24, 2.45) is 0 Å². The number of hydrogen-bond donors (Lipinski definition) is 2. The summed E-state index contributed by atoms with van der Waals surface area (Å²) in [5.41, 5.74) is 0.213. The molecule has 0 saturated carbocycles. The predicted molar refractivity (Wildman–Crippen MR) is 113 cm³/mol. The number of amides is 1. The van der Waals surface area contributed by atoms with Gasteiger partial charge in [0.1, 0.15) is 11.3 Å². The van der Waals surface area contributed by atoms with E-state index in [0.29, 0.717) is 18.9 Å². The standard InChI is InChI=1S/C20H21ClN2O7S/c1-13(30-20(26)17-7-2-14(21)12-18(17)24)19(25)22-15-3-5-16(6-4-15)31(27,28)23-8-10-29-11-9-23/h2-7,12-13,24H,8-11H2,1H3,(H,22,25). The van der Waals surface area contributed by atoms with Gasteiger partial charge >= 0.3 is 5.97 Å². The maximum atomic E-state index is 12.6. The highest BCUT2D eigenvalue weighted by molar-refractivity contribution is 7.89. The number of rotatable bonds is 6. The van der Waals surface area contributed by atoms with Gasteiger partial charge in [-0.2, -0.15) is 4.31 Å². The number of nitrogens with zero attached hydrogens (tertiary/aromatic N) is 1. The number of anilines is 1. The van der Waals surface area contributed by atoms with Crippen LogP contribution < -0.4 is 5.32 Å². The van der Waals surface area contributed by atoms with Crippen LogP contribution in [0, 0.1) is 0 Å². The normalized spacial score (nSPS) is 15.8. The van der Waals surface area contributed by atoms with Gasteiger partial charge in [0.15, 0.2) is 6.10 Å². The lowest BCUT2D eigenvalue weighted by molar-refractivity contribution is -0.123. The van der Waals surface area contributed by atoms with Gasteiger partial charge in [-0.3, -0.25) is 4.79 Å². The minimum Gasteiger partial charge on any atom is -0.507 e. The molecule has 0 aromatic heterocycles. The molecule has 1 saturated heterocycles. The summed E-state index contributed by atoms with van der Waals surface area (Å²) in [4.78, 5) is 24.6. The number of hydrogen-bond acceptors (Lipinski definition) is 7. The van der Waals surface area contributed by atoms with Crippen molar-refractivity contribution >= 4 is 39.2 Å². The highest BCUT2D eigenvalue weighted by Gasteiger charge is 2.26. The first-order valence-corrected chi connectivity index (χ1v) is 11.2. The van der Waals surface area contributed by atoms with E-state index in [1.54, 1.807) is 0 Å². The van der Waals surface area contributed by atoms with Gasteiger partial charge in [-0.15, -0.1) is 0 Å². The Kier molecular flexibility index (Phi) is 7.16. The van der Waals surface area contributed by atoms with Crippen LogP contribution in [0.3, 0.4) is 0 Å². The highest BCUT2D eigenvalue weighted by Crippen LogP contribution is 2.23. The average Bonchev–Trinajstić information content (AvgIpc) is 2.74. The van der Waals surface area contributed by atoms with Crippen LogP contribution in [-0.2, 0) is 24.3 Å². The molecule has 1 aliphatic rings. The monoisotopic (exact) mass is 468 g/mol. The second kappa shape index (κ2) is 9.65. The van der Waals surface area contributed by atoms with Crippen molar-refractivity contribution in [2.75, 3.05) is 31.6 Å². The molecule has 11 heteroatoms. The first-order valence-electron chi connectivity index (χ1n) is 9.37. The Balaban J connectivity index is 1.61. The first kappa shape index (κ1) is 23.0. The predicted octanol–water partition coefficient (Wildman–Crippen LogP) is 2.25. The Morgan fingerprint density at radius 3 is 2.42 bits per heavy atom. The molecule has 166 valence electrons. The Bertz CT molecular complexity index is 1070. The summed E-state index contributed by atoms with van der Waals surface area (Å²) in [6.45, 7) is 2.63. The Morgan fingerprint density at radius 2 is 1.81 bits per heavy atom. The Hall–Kier alpha value is -2.66. The third-order valence-corrected chi connectivity index (χ3v) is 6.71. The summed E-state index contributed by atoms with van der Waals surface area (Å²) in [7, 11) is -3.64. The third-order valence-electron chi connectivity index (χ3n) is 4.56. The topological polar surface area (TPSA) is 122 Å². The molecule has 1 amide bonds. The molecule has 2 aromatic rings. The minimum absolute atomic E-state index is 0.102. The second-order valence-electron chi connectivity index (χ2n) is 6.74. The summed E-state index contributed by atoms with van der Waals surface area (Å²) in [6.07, 6.45) is -1.17. The van der Waals surface area contributed by atoms with Gasteiger partial charge in [0.25, 0.3) is 5.91 Å². The molecule has 31 heavy (non-hydrogen) atoms. The molecule has 2 aromatic carbocycles. The number of aromatic hydroxyl groups is 1. The molecule has 3 rings (SSSR count). The second-order valence-corrected chi connectivity index (χ2v) is 9.11.